The fraction of sp³-hybridized carbons (Fsp3) is 0.0870. The van der Waals surface area contributed by atoms with Crippen LogP contribution in [0.5, 0.6) is 0 Å². The Hall–Kier alpha value is -3.38. The highest BCUT2D eigenvalue weighted by molar-refractivity contribution is 7.99. The van der Waals surface area contributed by atoms with Crippen LogP contribution in [0, 0.1) is 0 Å². The van der Waals surface area contributed by atoms with E-state index in [1.54, 1.807) is 30.1 Å². The number of rotatable bonds is 4. The predicted octanol–water partition coefficient (Wildman–Crippen LogP) is 4.94. The summed E-state index contributed by atoms with van der Waals surface area (Å²) in [5.74, 6) is 0.492. The number of nitrogens with zero attached hydrogens (tertiary/aromatic N) is 1. The van der Waals surface area contributed by atoms with Crippen LogP contribution in [0.1, 0.15) is 28.0 Å². The Bertz CT molecular complexity index is 1080. The van der Waals surface area contributed by atoms with E-state index in [0.29, 0.717) is 23.4 Å². The highest BCUT2D eigenvalue weighted by Crippen LogP contribution is 2.31. The predicted molar refractivity (Wildman–Crippen MR) is 118 cm³/mol. The van der Waals surface area contributed by atoms with Crippen molar-refractivity contribution < 1.29 is 9.59 Å². The molecular formula is C23H19N3O2S. The van der Waals surface area contributed by atoms with E-state index >= 15 is 0 Å². The maximum Gasteiger partial charge on any atom is 0.255 e. The van der Waals surface area contributed by atoms with Crippen molar-refractivity contribution in [2.75, 3.05) is 16.4 Å². The van der Waals surface area contributed by atoms with Gasteiger partial charge in [0.15, 0.2) is 0 Å². The Morgan fingerprint density at radius 2 is 2.00 bits per heavy atom. The van der Waals surface area contributed by atoms with Crippen LogP contribution in [0.3, 0.4) is 0 Å². The van der Waals surface area contributed by atoms with Crippen LogP contribution in [0.25, 0.3) is 12.2 Å². The first kappa shape index (κ1) is 19.0. The minimum absolute atomic E-state index is 0.0267. The van der Waals surface area contributed by atoms with Crippen LogP contribution < -0.4 is 10.6 Å². The molecule has 144 valence electrons. The zero-order valence-corrected chi connectivity index (χ0v) is 16.4. The third-order valence-corrected chi connectivity index (χ3v) is 5.46. The summed E-state index contributed by atoms with van der Waals surface area (Å²) in [6, 6.07) is 18.7. The van der Waals surface area contributed by atoms with Crippen LogP contribution in [-0.2, 0) is 4.79 Å². The zero-order chi connectivity index (χ0) is 20.1. The Balaban J connectivity index is 1.49. The second kappa shape index (κ2) is 8.75. The zero-order valence-electron chi connectivity index (χ0n) is 15.6. The molecular weight excluding hydrogens is 382 g/mol. The minimum atomic E-state index is -0.220. The first-order valence-corrected chi connectivity index (χ1v) is 10.2. The fourth-order valence-corrected chi connectivity index (χ4v) is 3.88. The molecule has 0 fully saturated rings. The van der Waals surface area contributed by atoms with E-state index in [1.807, 2.05) is 60.7 Å². The van der Waals surface area contributed by atoms with E-state index in [9.17, 15) is 9.59 Å². The molecule has 2 amide bonds. The SMILES string of the molecule is O=C1CCSc2ccc(C(=O)Nc3cccc(/C=C/c4ccccn4)c3)cc2N1. The van der Waals surface area contributed by atoms with Crippen molar-refractivity contribution >= 4 is 47.1 Å². The molecule has 0 aliphatic carbocycles. The summed E-state index contributed by atoms with van der Waals surface area (Å²) in [6.45, 7) is 0. The average Bonchev–Trinajstić information content (AvgIpc) is 2.93. The van der Waals surface area contributed by atoms with Gasteiger partial charge < -0.3 is 10.6 Å². The maximum atomic E-state index is 12.7. The summed E-state index contributed by atoms with van der Waals surface area (Å²) >= 11 is 1.62. The molecule has 1 aliphatic rings. The number of fused-ring (bicyclic) bond motifs is 1. The van der Waals surface area contributed by atoms with Gasteiger partial charge >= 0.3 is 0 Å². The molecule has 0 bridgehead atoms. The van der Waals surface area contributed by atoms with E-state index in [4.69, 9.17) is 0 Å². The number of thioether (sulfide) groups is 1. The molecule has 0 radical (unpaired) electrons. The number of aromatic nitrogens is 1. The normalized spacial score (nSPS) is 13.4. The molecule has 2 N–H and O–H groups in total. The number of nitrogens with one attached hydrogen (secondary N) is 2. The van der Waals surface area contributed by atoms with Crippen LogP contribution in [-0.4, -0.2) is 22.6 Å². The molecule has 5 nitrogen and oxygen atoms in total. The lowest BCUT2D eigenvalue weighted by molar-refractivity contribution is -0.115. The van der Waals surface area contributed by atoms with Crippen LogP contribution in [0.15, 0.2) is 71.8 Å². The molecule has 29 heavy (non-hydrogen) atoms. The molecule has 0 spiro atoms. The summed E-state index contributed by atoms with van der Waals surface area (Å²) in [4.78, 5) is 29.7. The Morgan fingerprint density at radius 1 is 1.07 bits per heavy atom. The van der Waals surface area contributed by atoms with Crippen molar-refractivity contribution in [1.82, 2.24) is 4.98 Å². The highest BCUT2D eigenvalue weighted by Gasteiger charge is 2.16. The van der Waals surface area contributed by atoms with Gasteiger partial charge in [-0.05, 0) is 54.1 Å². The van der Waals surface area contributed by atoms with Crippen molar-refractivity contribution in [2.24, 2.45) is 0 Å². The second-order valence-electron chi connectivity index (χ2n) is 6.53. The Labute approximate surface area is 173 Å². The van der Waals surface area contributed by atoms with E-state index in [1.165, 1.54) is 0 Å². The molecule has 2 heterocycles. The fourth-order valence-electron chi connectivity index (χ4n) is 2.94. The number of hydrogen-bond donors (Lipinski definition) is 2. The van der Waals surface area contributed by atoms with Crippen molar-refractivity contribution in [3.8, 4) is 0 Å². The number of anilines is 2. The number of pyridine rings is 1. The molecule has 0 saturated heterocycles. The maximum absolute atomic E-state index is 12.7. The lowest BCUT2D eigenvalue weighted by Gasteiger charge is -2.10. The van der Waals surface area contributed by atoms with Gasteiger partial charge in [0.25, 0.3) is 5.91 Å². The summed E-state index contributed by atoms with van der Waals surface area (Å²) in [7, 11) is 0. The Kier molecular flexibility index (Phi) is 5.72. The standard InChI is InChI=1S/C23H19N3O2S/c27-22-11-13-29-21-10-8-17(15-20(21)26-22)23(28)25-19-6-3-4-16(14-19)7-9-18-5-1-2-12-24-18/h1-10,12,14-15H,11,13H2,(H,25,28)(H,26,27)/b9-7+. The number of carbonyl (C=O) groups is 2. The first-order valence-electron chi connectivity index (χ1n) is 9.25. The third-order valence-electron chi connectivity index (χ3n) is 4.38. The van der Waals surface area contributed by atoms with Crippen LogP contribution in [0.2, 0.25) is 0 Å². The molecule has 6 heteroatoms. The average molecular weight is 401 g/mol. The van der Waals surface area contributed by atoms with E-state index in [0.717, 1.165) is 21.9 Å². The van der Waals surface area contributed by atoms with Crippen molar-refractivity contribution in [1.29, 1.82) is 0 Å². The monoisotopic (exact) mass is 401 g/mol. The van der Waals surface area contributed by atoms with Crippen molar-refractivity contribution in [2.45, 2.75) is 11.3 Å². The lowest BCUT2D eigenvalue weighted by Crippen LogP contribution is -2.14. The highest BCUT2D eigenvalue weighted by atomic mass is 32.2. The molecule has 2 aromatic carbocycles. The second-order valence-corrected chi connectivity index (χ2v) is 7.66. The van der Waals surface area contributed by atoms with Gasteiger partial charge in [0, 0.05) is 34.5 Å². The largest absolute Gasteiger partial charge is 0.325 e. The van der Waals surface area contributed by atoms with Gasteiger partial charge in [0.1, 0.15) is 0 Å². The van der Waals surface area contributed by atoms with Crippen LogP contribution >= 0.6 is 11.8 Å². The van der Waals surface area contributed by atoms with Crippen LogP contribution in [0.4, 0.5) is 11.4 Å². The first-order chi connectivity index (χ1) is 14.2. The quantitative estimate of drug-likeness (QED) is 0.650. The molecule has 4 rings (SSSR count). The van der Waals surface area contributed by atoms with Gasteiger partial charge in [0.05, 0.1) is 11.4 Å². The molecule has 0 saturated carbocycles. The van der Waals surface area contributed by atoms with E-state index < -0.39 is 0 Å². The lowest BCUT2D eigenvalue weighted by atomic mass is 10.1. The number of benzene rings is 2. The molecule has 0 unspecified atom stereocenters. The van der Waals surface area contributed by atoms with Gasteiger partial charge in [-0.25, -0.2) is 0 Å². The topological polar surface area (TPSA) is 71.1 Å². The number of hydrogen-bond acceptors (Lipinski definition) is 4. The molecule has 1 aliphatic heterocycles. The van der Waals surface area contributed by atoms with Gasteiger partial charge in [-0.3, -0.25) is 14.6 Å². The van der Waals surface area contributed by atoms with Gasteiger partial charge in [-0.2, -0.15) is 0 Å². The van der Waals surface area contributed by atoms with Gasteiger partial charge in [-0.15, -0.1) is 11.8 Å². The summed E-state index contributed by atoms with van der Waals surface area (Å²) < 4.78 is 0. The summed E-state index contributed by atoms with van der Waals surface area (Å²) in [6.07, 6.45) is 6.10. The van der Waals surface area contributed by atoms with E-state index in [-0.39, 0.29) is 11.8 Å². The van der Waals surface area contributed by atoms with E-state index in [2.05, 4.69) is 15.6 Å². The minimum Gasteiger partial charge on any atom is -0.325 e. The number of amides is 2. The van der Waals surface area contributed by atoms with Gasteiger partial charge in [0.2, 0.25) is 5.91 Å². The Morgan fingerprint density at radius 3 is 2.86 bits per heavy atom. The van der Waals surface area contributed by atoms with Crippen molar-refractivity contribution in [3.05, 3.63) is 83.7 Å². The summed E-state index contributed by atoms with van der Waals surface area (Å²) in [5, 5.41) is 5.79. The smallest absolute Gasteiger partial charge is 0.255 e. The number of carbonyl (C=O) groups excluding carboxylic acids is 2. The van der Waals surface area contributed by atoms with Gasteiger partial charge in [-0.1, -0.05) is 24.3 Å². The summed E-state index contributed by atoms with van der Waals surface area (Å²) in [5.41, 5.74) is 3.72. The molecule has 0 atom stereocenters. The molecule has 1 aromatic heterocycles. The van der Waals surface area contributed by atoms with Crippen molar-refractivity contribution in [3.63, 3.8) is 0 Å². The third kappa shape index (κ3) is 4.92. The molecule has 3 aromatic rings.